The SMILES string of the molecule is CN1CCN(C)[C@H](CNC(=O)N[C@H]2CCCOc3ccccc32)C1. The molecule has 0 unspecified atom stereocenters. The first-order valence-electron chi connectivity index (χ1n) is 8.78. The van der Waals surface area contributed by atoms with E-state index in [0.29, 0.717) is 19.2 Å². The number of fused-ring (bicyclic) bond motifs is 1. The standard InChI is InChI=1S/C18H28N4O2/c1-21-9-10-22(2)14(13-21)12-19-18(23)20-16-7-5-11-24-17-8-4-3-6-15(16)17/h3-4,6,8,14,16H,5,7,9-13H2,1-2H3,(H2,19,20,23)/t14-,16+/m1/s1. The van der Waals surface area contributed by atoms with Gasteiger partial charge < -0.3 is 20.3 Å². The van der Waals surface area contributed by atoms with Crippen molar-refractivity contribution in [3.8, 4) is 5.75 Å². The number of ether oxygens (including phenoxy) is 1. The highest BCUT2D eigenvalue weighted by atomic mass is 16.5. The van der Waals surface area contributed by atoms with Crippen molar-refractivity contribution in [3.05, 3.63) is 29.8 Å². The number of urea groups is 1. The molecule has 1 saturated heterocycles. The van der Waals surface area contributed by atoms with E-state index in [1.807, 2.05) is 24.3 Å². The van der Waals surface area contributed by atoms with Crippen LogP contribution in [-0.4, -0.2) is 68.8 Å². The minimum atomic E-state index is -0.0988. The van der Waals surface area contributed by atoms with Gasteiger partial charge in [0.15, 0.2) is 0 Å². The van der Waals surface area contributed by atoms with Crippen LogP contribution in [0.15, 0.2) is 24.3 Å². The number of likely N-dealkylation sites (N-methyl/N-ethyl adjacent to an activating group) is 2. The Bertz CT molecular complexity index is 566. The van der Waals surface area contributed by atoms with Crippen LogP contribution in [0.5, 0.6) is 5.75 Å². The Kier molecular flexibility index (Phi) is 5.58. The summed E-state index contributed by atoms with van der Waals surface area (Å²) in [6.07, 6.45) is 1.84. The Labute approximate surface area is 144 Å². The first kappa shape index (κ1) is 17.0. The van der Waals surface area contributed by atoms with Crippen LogP contribution in [0, 0.1) is 0 Å². The maximum absolute atomic E-state index is 12.4. The number of para-hydroxylation sites is 1. The molecule has 24 heavy (non-hydrogen) atoms. The van der Waals surface area contributed by atoms with Crippen molar-refractivity contribution >= 4 is 6.03 Å². The van der Waals surface area contributed by atoms with Gasteiger partial charge in [-0.1, -0.05) is 18.2 Å². The van der Waals surface area contributed by atoms with E-state index in [2.05, 4.69) is 34.5 Å². The Morgan fingerprint density at radius 3 is 3.00 bits per heavy atom. The smallest absolute Gasteiger partial charge is 0.315 e. The molecule has 2 N–H and O–H groups in total. The zero-order chi connectivity index (χ0) is 16.9. The molecule has 3 rings (SSSR count). The summed E-state index contributed by atoms with van der Waals surface area (Å²) in [5.41, 5.74) is 1.07. The highest BCUT2D eigenvalue weighted by Gasteiger charge is 2.24. The van der Waals surface area contributed by atoms with Gasteiger partial charge in [0.1, 0.15) is 5.75 Å². The molecule has 6 heteroatoms. The van der Waals surface area contributed by atoms with E-state index < -0.39 is 0 Å². The van der Waals surface area contributed by atoms with Crippen LogP contribution in [0.2, 0.25) is 0 Å². The molecule has 2 amide bonds. The van der Waals surface area contributed by atoms with Crippen LogP contribution in [-0.2, 0) is 0 Å². The summed E-state index contributed by atoms with van der Waals surface area (Å²) in [4.78, 5) is 17.0. The molecule has 0 saturated carbocycles. The van der Waals surface area contributed by atoms with Crippen LogP contribution in [0.1, 0.15) is 24.4 Å². The molecule has 2 heterocycles. The van der Waals surface area contributed by atoms with Crippen molar-refractivity contribution in [3.63, 3.8) is 0 Å². The second-order valence-electron chi connectivity index (χ2n) is 6.83. The fourth-order valence-electron chi connectivity index (χ4n) is 3.42. The summed E-state index contributed by atoms with van der Waals surface area (Å²) in [5, 5.41) is 6.16. The quantitative estimate of drug-likeness (QED) is 0.880. The van der Waals surface area contributed by atoms with Gasteiger partial charge in [-0.3, -0.25) is 4.90 Å². The highest BCUT2D eigenvalue weighted by Crippen LogP contribution is 2.30. The maximum atomic E-state index is 12.4. The summed E-state index contributed by atoms with van der Waals surface area (Å²) in [7, 11) is 4.25. The molecule has 2 aliphatic rings. The Hall–Kier alpha value is -1.79. The molecule has 1 fully saturated rings. The molecule has 0 spiro atoms. The number of amides is 2. The number of carbonyl (C=O) groups excluding carboxylic acids is 1. The number of nitrogens with one attached hydrogen (secondary N) is 2. The van der Waals surface area contributed by atoms with Crippen molar-refractivity contribution in [1.29, 1.82) is 0 Å². The van der Waals surface area contributed by atoms with Gasteiger partial charge in [-0.25, -0.2) is 4.79 Å². The van der Waals surface area contributed by atoms with Gasteiger partial charge in [0.2, 0.25) is 0 Å². The van der Waals surface area contributed by atoms with Gasteiger partial charge in [0, 0.05) is 37.8 Å². The third-order valence-corrected chi connectivity index (χ3v) is 4.97. The van der Waals surface area contributed by atoms with E-state index in [4.69, 9.17) is 4.74 Å². The van der Waals surface area contributed by atoms with Crippen molar-refractivity contribution < 1.29 is 9.53 Å². The average Bonchev–Trinajstić information content (AvgIpc) is 2.78. The Morgan fingerprint density at radius 1 is 1.29 bits per heavy atom. The minimum Gasteiger partial charge on any atom is -0.493 e. The molecule has 0 radical (unpaired) electrons. The topological polar surface area (TPSA) is 56.8 Å². The zero-order valence-corrected chi connectivity index (χ0v) is 14.6. The van der Waals surface area contributed by atoms with Crippen LogP contribution in [0.3, 0.4) is 0 Å². The maximum Gasteiger partial charge on any atom is 0.315 e. The van der Waals surface area contributed by atoms with E-state index in [9.17, 15) is 4.79 Å². The number of benzene rings is 1. The third-order valence-electron chi connectivity index (χ3n) is 4.97. The second-order valence-corrected chi connectivity index (χ2v) is 6.83. The number of nitrogens with zero attached hydrogens (tertiary/aromatic N) is 2. The fraction of sp³-hybridized carbons (Fsp3) is 0.611. The number of rotatable bonds is 3. The molecule has 0 aliphatic carbocycles. The van der Waals surface area contributed by atoms with Gasteiger partial charge >= 0.3 is 6.03 Å². The summed E-state index contributed by atoms with van der Waals surface area (Å²) in [6.45, 7) is 4.47. The first-order chi connectivity index (χ1) is 11.6. The van der Waals surface area contributed by atoms with E-state index in [-0.39, 0.29) is 12.1 Å². The second kappa shape index (κ2) is 7.85. The average molecular weight is 332 g/mol. The molecule has 1 aromatic carbocycles. The third kappa shape index (κ3) is 4.19. The van der Waals surface area contributed by atoms with Crippen LogP contribution in [0.25, 0.3) is 0 Å². The van der Waals surface area contributed by atoms with Gasteiger partial charge in [0.05, 0.1) is 12.6 Å². The van der Waals surface area contributed by atoms with Gasteiger partial charge in [-0.15, -0.1) is 0 Å². The van der Waals surface area contributed by atoms with Crippen LogP contribution < -0.4 is 15.4 Å². The highest BCUT2D eigenvalue weighted by molar-refractivity contribution is 5.74. The molecule has 0 bridgehead atoms. The lowest BCUT2D eigenvalue weighted by atomic mass is 10.0. The summed E-state index contributed by atoms with van der Waals surface area (Å²) in [5.74, 6) is 0.883. The van der Waals surface area contributed by atoms with Gasteiger partial charge in [-0.05, 0) is 33.0 Å². The number of hydrogen-bond acceptors (Lipinski definition) is 4. The minimum absolute atomic E-state index is 0.00968. The molecular formula is C18H28N4O2. The lowest BCUT2D eigenvalue weighted by Gasteiger charge is -2.37. The molecule has 0 aromatic heterocycles. The summed E-state index contributed by atoms with van der Waals surface area (Å²) >= 11 is 0. The van der Waals surface area contributed by atoms with E-state index in [0.717, 1.165) is 43.8 Å². The monoisotopic (exact) mass is 332 g/mol. The normalized spacial score (nSPS) is 25.2. The van der Waals surface area contributed by atoms with E-state index in [1.165, 1.54) is 0 Å². The molecule has 1 aromatic rings. The lowest BCUT2D eigenvalue weighted by Crippen LogP contribution is -2.55. The number of hydrogen-bond donors (Lipinski definition) is 2. The molecule has 2 aliphatic heterocycles. The van der Waals surface area contributed by atoms with Crippen molar-refractivity contribution in [2.24, 2.45) is 0 Å². The van der Waals surface area contributed by atoms with Gasteiger partial charge in [0.25, 0.3) is 0 Å². The number of piperazine rings is 1. The molecule has 6 nitrogen and oxygen atoms in total. The van der Waals surface area contributed by atoms with Gasteiger partial charge in [-0.2, -0.15) is 0 Å². The molecular weight excluding hydrogens is 304 g/mol. The number of carbonyl (C=O) groups is 1. The summed E-state index contributed by atoms with van der Waals surface area (Å²) in [6, 6.07) is 8.24. The van der Waals surface area contributed by atoms with Crippen molar-refractivity contribution in [1.82, 2.24) is 20.4 Å². The van der Waals surface area contributed by atoms with Crippen LogP contribution in [0.4, 0.5) is 4.79 Å². The van der Waals surface area contributed by atoms with Crippen molar-refractivity contribution in [2.75, 3.05) is 46.9 Å². The van der Waals surface area contributed by atoms with E-state index >= 15 is 0 Å². The predicted molar refractivity (Wildman–Crippen MR) is 94.4 cm³/mol. The fourth-order valence-corrected chi connectivity index (χ4v) is 3.42. The Balaban J connectivity index is 1.55. The largest absolute Gasteiger partial charge is 0.493 e. The van der Waals surface area contributed by atoms with Crippen molar-refractivity contribution in [2.45, 2.75) is 24.9 Å². The van der Waals surface area contributed by atoms with Crippen LogP contribution >= 0.6 is 0 Å². The summed E-state index contributed by atoms with van der Waals surface area (Å²) < 4.78 is 5.76. The first-order valence-corrected chi connectivity index (χ1v) is 8.78. The molecule has 2 atom stereocenters. The lowest BCUT2D eigenvalue weighted by molar-refractivity contribution is 0.114. The predicted octanol–water partition coefficient (Wildman–Crippen LogP) is 1.45. The molecule has 132 valence electrons. The Morgan fingerprint density at radius 2 is 2.12 bits per heavy atom. The zero-order valence-electron chi connectivity index (χ0n) is 14.6. The van der Waals surface area contributed by atoms with E-state index in [1.54, 1.807) is 0 Å².